The van der Waals surface area contributed by atoms with Crippen molar-refractivity contribution in [1.29, 1.82) is 0 Å². The molecule has 0 spiro atoms. The summed E-state index contributed by atoms with van der Waals surface area (Å²) in [5, 5.41) is 0. The molecule has 0 aliphatic heterocycles. The number of allylic oxidation sites excluding steroid dienone is 2. The van der Waals surface area contributed by atoms with Crippen LogP contribution in [-0.2, 0) is 12.8 Å². The molecule has 4 heteroatoms. The van der Waals surface area contributed by atoms with E-state index in [9.17, 15) is 13.2 Å². The maximum absolute atomic E-state index is 14.3. The van der Waals surface area contributed by atoms with E-state index in [0.717, 1.165) is 36.8 Å². The minimum Gasteiger partial charge on any atom is -0.491 e. The Kier molecular flexibility index (Phi) is 8.68. The zero-order valence-corrected chi connectivity index (χ0v) is 20.3. The van der Waals surface area contributed by atoms with Crippen molar-refractivity contribution in [2.24, 2.45) is 5.92 Å². The molecule has 0 amide bonds. The van der Waals surface area contributed by atoms with E-state index in [-0.39, 0.29) is 12.4 Å². The Balaban J connectivity index is 1.34. The van der Waals surface area contributed by atoms with Gasteiger partial charge in [-0.15, -0.1) is 0 Å². The van der Waals surface area contributed by atoms with E-state index in [1.165, 1.54) is 17.2 Å². The number of alkyl halides is 1. The molecule has 0 N–H and O–H groups in total. The maximum atomic E-state index is 14.3. The van der Waals surface area contributed by atoms with Crippen molar-refractivity contribution >= 4 is 0 Å². The molecule has 0 saturated heterocycles. The summed E-state index contributed by atoms with van der Waals surface area (Å²) in [5.41, 5.74) is 5.12. The second kappa shape index (κ2) is 12.1. The van der Waals surface area contributed by atoms with E-state index in [0.29, 0.717) is 36.8 Å². The molecule has 0 unspecified atom stereocenters. The van der Waals surface area contributed by atoms with Crippen molar-refractivity contribution in [3.63, 3.8) is 0 Å². The van der Waals surface area contributed by atoms with Gasteiger partial charge in [-0.1, -0.05) is 66.7 Å². The molecule has 1 nitrogen and oxygen atoms in total. The molecule has 0 bridgehead atoms. The fourth-order valence-corrected chi connectivity index (χ4v) is 5.01. The number of aryl methyl sites for hydroxylation is 2. The molecular formula is C31H33F3O. The summed E-state index contributed by atoms with van der Waals surface area (Å²) in [6.07, 6.45) is 9.28. The minimum atomic E-state index is -0.912. The van der Waals surface area contributed by atoms with Gasteiger partial charge in [0.05, 0.1) is 6.61 Å². The molecule has 4 rings (SSSR count). The summed E-state index contributed by atoms with van der Waals surface area (Å²) in [7, 11) is 0. The number of halogens is 3. The molecule has 3 aromatic carbocycles. The van der Waals surface area contributed by atoms with E-state index in [1.807, 2.05) is 6.08 Å². The molecular weight excluding hydrogens is 445 g/mol. The predicted molar refractivity (Wildman–Crippen MR) is 137 cm³/mol. The first-order chi connectivity index (χ1) is 17.1. The van der Waals surface area contributed by atoms with Crippen molar-refractivity contribution < 1.29 is 17.9 Å². The van der Waals surface area contributed by atoms with Crippen LogP contribution in [0.4, 0.5) is 13.2 Å². The highest BCUT2D eigenvalue weighted by Gasteiger charge is 2.21. The first-order valence-electron chi connectivity index (χ1n) is 12.6. The number of hydrogen-bond donors (Lipinski definition) is 0. The molecule has 0 heterocycles. The zero-order valence-electron chi connectivity index (χ0n) is 20.3. The van der Waals surface area contributed by atoms with Crippen molar-refractivity contribution in [2.45, 2.75) is 51.4 Å². The largest absolute Gasteiger partial charge is 0.491 e. The number of benzene rings is 3. The average molecular weight is 479 g/mol. The Hall–Kier alpha value is -3.01. The van der Waals surface area contributed by atoms with Crippen molar-refractivity contribution in [3.05, 3.63) is 101 Å². The second-order valence-electron chi connectivity index (χ2n) is 9.30. The lowest BCUT2D eigenvalue weighted by Crippen LogP contribution is -2.11. The van der Waals surface area contributed by atoms with Gasteiger partial charge < -0.3 is 4.74 Å². The lowest BCUT2D eigenvalue weighted by atomic mass is 9.78. The molecule has 184 valence electrons. The van der Waals surface area contributed by atoms with E-state index in [4.69, 9.17) is 4.74 Å². The van der Waals surface area contributed by atoms with Gasteiger partial charge in [-0.05, 0) is 91.2 Å². The third-order valence-corrected chi connectivity index (χ3v) is 7.05. The lowest BCUT2D eigenvalue weighted by molar-refractivity contribution is 0.313. The van der Waals surface area contributed by atoms with Gasteiger partial charge in [-0.25, -0.2) is 8.78 Å². The van der Waals surface area contributed by atoms with Gasteiger partial charge in [0.1, 0.15) is 6.67 Å². The van der Waals surface area contributed by atoms with Crippen molar-refractivity contribution in [3.8, 4) is 16.9 Å². The summed E-state index contributed by atoms with van der Waals surface area (Å²) >= 11 is 0. The van der Waals surface area contributed by atoms with Gasteiger partial charge in [-0.2, -0.15) is 4.39 Å². The smallest absolute Gasteiger partial charge is 0.200 e. The fraction of sp³-hybridized carbons (Fsp3) is 0.355. The summed E-state index contributed by atoms with van der Waals surface area (Å²) in [6, 6.07) is 20.2. The van der Waals surface area contributed by atoms with Gasteiger partial charge in [0.2, 0.25) is 5.82 Å². The standard InChI is InChI=1S/C31H33F3O/c1-2-35-29-20-19-28(30(33)31(29)34)14-9-23-7-12-25(13-8-23)27-17-15-26(16-18-27)24-10-5-22(6-11-24)4-3-21-32/h3-4,7-8,12-13,15-20,22,24H,2,5-6,9-11,14,21H2,1H3. The topological polar surface area (TPSA) is 9.23 Å². The van der Waals surface area contributed by atoms with Crippen LogP contribution in [0.2, 0.25) is 0 Å². The molecule has 1 saturated carbocycles. The Morgan fingerprint density at radius 2 is 1.46 bits per heavy atom. The Bertz CT molecular complexity index is 1110. The van der Waals surface area contributed by atoms with Crippen LogP contribution >= 0.6 is 0 Å². The monoisotopic (exact) mass is 478 g/mol. The maximum Gasteiger partial charge on any atom is 0.200 e. The van der Waals surface area contributed by atoms with Crippen molar-refractivity contribution in [2.75, 3.05) is 13.3 Å². The van der Waals surface area contributed by atoms with Gasteiger partial charge in [0, 0.05) is 0 Å². The molecule has 0 radical (unpaired) electrons. The predicted octanol–water partition coefficient (Wildman–Crippen LogP) is 8.62. The van der Waals surface area contributed by atoms with Crippen LogP contribution in [0.1, 0.15) is 55.2 Å². The van der Waals surface area contributed by atoms with Crippen LogP contribution in [0.25, 0.3) is 11.1 Å². The third kappa shape index (κ3) is 6.36. The summed E-state index contributed by atoms with van der Waals surface area (Å²) in [5.74, 6) is -0.677. The van der Waals surface area contributed by atoms with E-state index in [2.05, 4.69) is 48.5 Å². The Labute approximate surface area is 206 Å². The molecule has 1 fully saturated rings. The van der Waals surface area contributed by atoms with Crippen molar-refractivity contribution in [1.82, 2.24) is 0 Å². The summed E-state index contributed by atoms with van der Waals surface area (Å²) in [4.78, 5) is 0. The number of rotatable bonds is 9. The van der Waals surface area contributed by atoms with E-state index >= 15 is 0 Å². The van der Waals surface area contributed by atoms with Gasteiger partial charge >= 0.3 is 0 Å². The molecule has 0 aromatic heterocycles. The normalized spacial score (nSPS) is 18.2. The Morgan fingerprint density at radius 1 is 0.800 bits per heavy atom. The van der Waals surface area contributed by atoms with Crippen LogP contribution < -0.4 is 4.74 Å². The van der Waals surface area contributed by atoms with Crippen LogP contribution in [-0.4, -0.2) is 13.3 Å². The van der Waals surface area contributed by atoms with E-state index < -0.39 is 11.6 Å². The Morgan fingerprint density at radius 3 is 2.09 bits per heavy atom. The van der Waals surface area contributed by atoms with Crippen LogP contribution in [0, 0.1) is 17.6 Å². The summed E-state index contributed by atoms with van der Waals surface area (Å²) in [6.45, 7) is 1.67. The molecule has 3 aromatic rings. The second-order valence-corrected chi connectivity index (χ2v) is 9.30. The SMILES string of the molecule is CCOc1ccc(CCc2ccc(-c3ccc(C4CCC(C=CCF)CC4)cc3)cc2)c(F)c1F. The molecule has 1 aliphatic carbocycles. The van der Waals surface area contributed by atoms with Gasteiger partial charge in [0.15, 0.2) is 11.6 Å². The van der Waals surface area contributed by atoms with Gasteiger partial charge in [0.25, 0.3) is 0 Å². The first-order valence-corrected chi connectivity index (χ1v) is 12.6. The molecule has 35 heavy (non-hydrogen) atoms. The van der Waals surface area contributed by atoms with Crippen LogP contribution in [0.3, 0.4) is 0 Å². The number of hydrogen-bond acceptors (Lipinski definition) is 1. The average Bonchev–Trinajstić information content (AvgIpc) is 2.90. The minimum absolute atomic E-state index is 0.0393. The van der Waals surface area contributed by atoms with E-state index in [1.54, 1.807) is 19.1 Å². The fourth-order valence-electron chi connectivity index (χ4n) is 5.01. The summed E-state index contributed by atoms with van der Waals surface area (Å²) < 4.78 is 45.9. The van der Waals surface area contributed by atoms with Crippen LogP contribution in [0.5, 0.6) is 5.75 Å². The number of ether oxygens (including phenoxy) is 1. The molecule has 1 aliphatic rings. The molecule has 0 atom stereocenters. The first kappa shape index (κ1) is 25.1. The third-order valence-electron chi connectivity index (χ3n) is 7.05. The highest BCUT2D eigenvalue weighted by Crippen LogP contribution is 2.37. The zero-order chi connectivity index (χ0) is 24.6. The lowest BCUT2D eigenvalue weighted by Gasteiger charge is -2.27. The highest BCUT2D eigenvalue weighted by atomic mass is 19.2. The quantitative estimate of drug-likeness (QED) is 0.280. The van der Waals surface area contributed by atoms with Gasteiger partial charge in [-0.3, -0.25) is 0 Å². The van der Waals surface area contributed by atoms with Crippen LogP contribution in [0.15, 0.2) is 72.8 Å². The highest BCUT2D eigenvalue weighted by molar-refractivity contribution is 5.64.